The summed E-state index contributed by atoms with van der Waals surface area (Å²) in [7, 11) is 2.00. The number of likely N-dealkylation sites (tertiary alicyclic amines) is 1. The van der Waals surface area contributed by atoms with Gasteiger partial charge in [0.05, 0.1) is 11.2 Å². The quantitative estimate of drug-likeness (QED) is 0.707. The molecule has 136 valence electrons. The smallest absolute Gasteiger partial charge is 0.158 e. The van der Waals surface area contributed by atoms with Crippen LogP contribution < -0.4 is 0 Å². The van der Waals surface area contributed by atoms with Crippen molar-refractivity contribution in [1.29, 1.82) is 0 Å². The summed E-state index contributed by atoms with van der Waals surface area (Å²) in [6, 6.07) is 2.02. The number of aryl methyl sites for hydroxylation is 3. The van der Waals surface area contributed by atoms with E-state index in [9.17, 15) is 0 Å². The number of hydrogen-bond donors (Lipinski definition) is 0. The molecule has 1 aliphatic rings. The number of thiazole rings is 1. The first-order valence-electron chi connectivity index (χ1n) is 9.04. The number of aromatic nitrogens is 5. The van der Waals surface area contributed by atoms with Gasteiger partial charge in [0.1, 0.15) is 11.5 Å². The molecule has 7 heteroatoms. The second-order valence-electron chi connectivity index (χ2n) is 7.03. The molecule has 0 N–H and O–H groups in total. The average molecular weight is 369 g/mol. The monoisotopic (exact) mass is 368 g/mol. The van der Waals surface area contributed by atoms with Crippen LogP contribution in [0.5, 0.6) is 0 Å². The highest BCUT2D eigenvalue weighted by Gasteiger charge is 2.24. The minimum absolute atomic E-state index is 0.424. The molecule has 4 rings (SSSR count). The van der Waals surface area contributed by atoms with Gasteiger partial charge in [0.25, 0.3) is 0 Å². The van der Waals surface area contributed by atoms with Crippen LogP contribution >= 0.6 is 11.3 Å². The molecular formula is C19H24N6S. The molecule has 0 aromatic carbocycles. The van der Waals surface area contributed by atoms with Gasteiger partial charge in [-0.05, 0) is 45.8 Å². The molecule has 0 amide bonds. The van der Waals surface area contributed by atoms with Gasteiger partial charge in [-0.25, -0.2) is 19.9 Å². The Kier molecular flexibility index (Phi) is 4.82. The second kappa shape index (κ2) is 7.25. The Morgan fingerprint density at radius 2 is 1.96 bits per heavy atom. The highest BCUT2D eigenvalue weighted by molar-refractivity contribution is 7.09. The molecule has 0 unspecified atom stereocenters. The van der Waals surface area contributed by atoms with E-state index < -0.39 is 0 Å². The van der Waals surface area contributed by atoms with E-state index in [1.54, 1.807) is 11.3 Å². The minimum Gasteiger partial charge on any atom is -0.333 e. The third-order valence-electron chi connectivity index (χ3n) is 5.09. The number of rotatable bonds is 4. The van der Waals surface area contributed by atoms with Crippen molar-refractivity contribution in [3.05, 3.63) is 46.1 Å². The predicted octanol–water partition coefficient (Wildman–Crippen LogP) is 3.33. The third kappa shape index (κ3) is 3.54. The van der Waals surface area contributed by atoms with Gasteiger partial charge in [0, 0.05) is 42.5 Å². The molecule has 4 heterocycles. The lowest BCUT2D eigenvalue weighted by molar-refractivity contribution is 0.203. The van der Waals surface area contributed by atoms with E-state index >= 15 is 0 Å². The fourth-order valence-electron chi connectivity index (χ4n) is 3.53. The lowest BCUT2D eigenvalue weighted by Crippen LogP contribution is -2.33. The van der Waals surface area contributed by atoms with Gasteiger partial charge in [-0.3, -0.25) is 4.90 Å². The van der Waals surface area contributed by atoms with Gasteiger partial charge in [0.15, 0.2) is 5.82 Å². The lowest BCUT2D eigenvalue weighted by atomic mass is 9.95. The van der Waals surface area contributed by atoms with Gasteiger partial charge in [-0.1, -0.05) is 0 Å². The first-order chi connectivity index (χ1) is 12.6. The normalized spacial score (nSPS) is 16.3. The zero-order chi connectivity index (χ0) is 18.1. The van der Waals surface area contributed by atoms with Crippen LogP contribution in [0.15, 0.2) is 24.0 Å². The third-order valence-corrected chi connectivity index (χ3v) is 6.01. The molecular weight excluding hydrogens is 344 g/mol. The van der Waals surface area contributed by atoms with E-state index in [0.717, 1.165) is 55.5 Å². The molecule has 6 nitrogen and oxygen atoms in total. The van der Waals surface area contributed by atoms with Crippen LogP contribution in [-0.2, 0) is 13.6 Å². The predicted molar refractivity (Wildman–Crippen MR) is 103 cm³/mol. The summed E-state index contributed by atoms with van der Waals surface area (Å²) in [4.78, 5) is 22.3. The maximum atomic E-state index is 4.85. The van der Waals surface area contributed by atoms with Crippen LogP contribution in [0.2, 0.25) is 0 Å². The summed E-state index contributed by atoms with van der Waals surface area (Å²) in [6.45, 7) is 7.31. The zero-order valence-corrected chi connectivity index (χ0v) is 16.3. The van der Waals surface area contributed by atoms with Crippen LogP contribution in [-0.4, -0.2) is 42.5 Å². The number of nitrogens with zero attached hydrogens (tertiary/aromatic N) is 6. The van der Waals surface area contributed by atoms with E-state index in [0.29, 0.717) is 5.92 Å². The van der Waals surface area contributed by atoms with Crippen molar-refractivity contribution in [2.45, 2.75) is 39.2 Å². The topological polar surface area (TPSA) is 59.7 Å². The summed E-state index contributed by atoms with van der Waals surface area (Å²) in [5.74, 6) is 2.29. The molecule has 0 atom stereocenters. The molecule has 0 spiro atoms. The van der Waals surface area contributed by atoms with Gasteiger partial charge >= 0.3 is 0 Å². The van der Waals surface area contributed by atoms with Gasteiger partial charge in [-0.15, -0.1) is 11.3 Å². The summed E-state index contributed by atoms with van der Waals surface area (Å²) in [6.07, 6.45) is 5.96. The molecule has 0 aliphatic carbocycles. The van der Waals surface area contributed by atoms with Crippen molar-refractivity contribution < 1.29 is 0 Å². The average Bonchev–Trinajstić information content (AvgIpc) is 3.23. The summed E-state index contributed by atoms with van der Waals surface area (Å²) < 4.78 is 2.01. The molecule has 0 radical (unpaired) electrons. The van der Waals surface area contributed by atoms with Crippen molar-refractivity contribution in [2.24, 2.45) is 7.05 Å². The van der Waals surface area contributed by atoms with E-state index in [-0.39, 0.29) is 0 Å². The molecule has 3 aromatic rings. The van der Waals surface area contributed by atoms with E-state index in [1.165, 1.54) is 10.6 Å². The molecule has 0 saturated carbocycles. The maximum absolute atomic E-state index is 4.85. The first-order valence-corrected chi connectivity index (χ1v) is 9.92. The van der Waals surface area contributed by atoms with Gasteiger partial charge in [0.2, 0.25) is 0 Å². The molecule has 1 saturated heterocycles. The standard InChI is InChI=1S/C19H24N6S/c1-13-10-16(19-20-6-9-24(19)3)23-18(22-13)15-4-7-25(8-5-15)11-17-14(2)21-12-26-17/h6,9-10,12,15H,4-5,7-8,11H2,1-3H3. The van der Waals surface area contributed by atoms with Crippen LogP contribution in [0.4, 0.5) is 0 Å². The van der Waals surface area contributed by atoms with E-state index in [4.69, 9.17) is 9.97 Å². The number of hydrogen-bond acceptors (Lipinski definition) is 6. The van der Waals surface area contributed by atoms with Crippen LogP contribution in [0.3, 0.4) is 0 Å². The van der Waals surface area contributed by atoms with E-state index in [1.807, 2.05) is 42.5 Å². The highest BCUT2D eigenvalue weighted by atomic mass is 32.1. The second-order valence-corrected chi connectivity index (χ2v) is 7.97. The lowest BCUT2D eigenvalue weighted by Gasteiger charge is -2.31. The summed E-state index contributed by atoms with van der Waals surface area (Å²) in [5, 5.41) is 0. The Morgan fingerprint density at radius 3 is 2.62 bits per heavy atom. The van der Waals surface area contributed by atoms with Gasteiger partial charge in [-0.2, -0.15) is 0 Å². The summed E-state index contributed by atoms with van der Waals surface area (Å²) >= 11 is 1.76. The first kappa shape index (κ1) is 17.3. The van der Waals surface area contributed by atoms with Crippen LogP contribution in [0, 0.1) is 13.8 Å². The Bertz CT molecular complexity index is 891. The largest absolute Gasteiger partial charge is 0.333 e. The minimum atomic E-state index is 0.424. The van der Waals surface area contributed by atoms with Crippen LogP contribution in [0.25, 0.3) is 11.5 Å². The molecule has 0 bridgehead atoms. The molecule has 1 aliphatic heterocycles. The highest BCUT2D eigenvalue weighted by Crippen LogP contribution is 2.29. The number of imidazole rings is 1. The van der Waals surface area contributed by atoms with Crippen molar-refractivity contribution in [2.75, 3.05) is 13.1 Å². The number of piperidine rings is 1. The fourth-order valence-corrected chi connectivity index (χ4v) is 4.35. The van der Waals surface area contributed by atoms with Crippen molar-refractivity contribution in [3.63, 3.8) is 0 Å². The Balaban J connectivity index is 1.47. The Morgan fingerprint density at radius 1 is 1.15 bits per heavy atom. The fraction of sp³-hybridized carbons (Fsp3) is 0.474. The van der Waals surface area contributed by atoms with Crippen LogP contribution in [0.1, 0.15) is 40.8 Å². The summed E-state index contributed by atoms with van der Waals surface area (Å²) in [5.41, 5.74) is 5.04. The SMILES string of the molecule is Cc1cc(-c2nccn2C)nc(C2CCN(Cc3scnc3C)CC2)n1. The Hall–Kier alpha value is -2.12. The van der Waals surface area contributed by atoms with Crippen molar-refractivity contribution in [3.8, 4) is 11.5 Å². The van der Waals surface area contributed by atoms with E-state index in [2.05, 4.69) is 21.8 Å². The molecule has 26 heavy (non-hydrogen) atoms. The maximum Gasteiger partial charge on any atom is 0.158 e. The zero-order valence-electron chi connectivity index (χ0n) is 15.5. The molecule has 3 aromatic heterocycles. The Labute approximate surface area is 158 Å². The van der Waals surface area contributed by atoms with Gasteiger partial charge < -0.3 is 4.57 Å². The molecule has 1 fully saturated rings. The van der Waals surface area contributed by atoms with Crippen molar-refractivity contribution >= 4 is 11.3 Å². The van der Waals surface area contributed by atoms with Crippen molar-refractivity contribution in [1.82, 2.24) is 29.4 Å².